The van der Waals surface area contributed by atoms with Crippen molar-refractivity contribution in [2.45, 2.75) is 0 Å². The van der Waals surface area contributed by atoms with E-state index in [9.17, 15) is 9.59 Å². The molecule has 2 aromatic rings. The lowest BCUT2D eigenvalue weighted by molar-refractivity contribution is 0.102. The van der Waals surface area contributed by atoms with E-state index in [2.05, 4.69) is 15.5 Å². The zero-order valence-electron chi connectivity index (χ0n) is 9.64. The normalized spacial score (nSPS) is 9.83. The molecule has 0 aliphatic rings. The standard InChI is InChI=1S/C12H11N3O3/c1-18-9-4-2-3-8(7-9)13-12(17)10-5-6-11(16)15-14-10/h2-7H,1H3,(H,13,17)(H,15,16). The smallest absolute Gasteiger partial charge is 0.276 e. The molecule has 1 amide bonds. The fourth-order valence-electron chi connectivity index (χ4n) is 1.37. The molecule has 0 radical (unpaired) electrons. The first kappa shape index (κ1) is 11.8. The molecule has 1 heterocycles. The maximum absolute atomic E-state index is 11.8. The molecule has 92 valence electrons. The SMILES string of the molecule is COc1cccc(NC(=O)c2ccc(=O)[nH]n2)c1. The molecule has 2 N–H and O–H groups in total. The molecule has 1 aromatic carbocycles. The van der Waals surface area contributed by atoms with Crippen LogP contribution < -0.4 is 15.6 Å². The van der Waals surface area contributed by atoms with Gasteiger partial charge in [0.1, 0.15) is 11.4 Å². The maximum Gasteiger partial charge on any atom is 0.276 e. The summed E-state index contributed by atoms with van der Waals surface area (Å²) >= 11 is 0. The second-order valence-electron chi connectivity index (χ2n) is 3.49. The highest BCUT2D eigenvalue weighted by molar-refractivity contribution is 6.02. The summed E-state index contributed by atoms with van der Waals surface area (Å²) in [5, 5.41) is 8.48. The summed E-state index contributed by atoms with van der Waals surface area (Å²) in [4.78, 5) is 22.6. The number of hydrogen-bond acceptors (Lipinski definition) is 4. The molecule has 2 rings (SSSR count). The van der Waals surface area contributed by atoms with Crippen LogP contribution in [0.25, 0.3) is 0 Å². The molecule has 6 nitrogen and oxygen atoms in total. The number of amides is 1. The van der Waals surface area contributed by atoms with Crippen molar-refractivity contribution in [2.24, 2.45) is 0 Å². The molecule has 0 aliphatic heterocycles. The Morgan fingerprint density at radius 1 is 1.33 bits per heavy atom. The van der Waals surface area contributed by atoms with Gasteiger partial charge in [0.2, 0.25) is 0 Å². The van der Waals surface area contributed by atoms with Crippen LogP contribution >= 0.6 is 0 Å². The number of rotatable bonds is 3. The van der Waals surface area contributed by atoms with Crippen molar-refractivity contribution < 1.29 is 9.53 Å². The Bertz CT molecular complexity index is 601. The summed E-state index contributed by atoms with van der Waals surface area (Å²) in [6, 6.07) is 9.54. The lowest BCUT2D eigenvalue weighted by Gasteiger charge is -2.05. The van der Waals surface area contributed by atoms with Crippen LogP contribution in [-0.2, 0) is 0 Å². The molecule has 18 heavy (non-hydrogen) atoms. The number of ether oxygens (including phenoxy) is 1. The van der Waals surface area contributed by atoms with E-state index in [-0.39, 0.29) is 11.3 Å². The fourth-order valence-corrected chi connectivity index (χ4v) is 1.37. The molecular formula is C12H11N3O3. The van der Waals surface area contributed by atoms with E-state index in [4.69, 9.17) is 4.74 Å². The largest absolute Gasteiger partial charge is 0.497 e. The number of methoxy groups -OCH3 is 1. The van der Waals surface area contributed by atoms with Crippen LogP contribution in [0.15, 0.2) is 41.2 Å². The number of benzene rings is 1. The number of nitrogens with one attached hydrogen (secondary N) is 2. The van der Waals surface area contributed by atoms with Crippen LogP contribution in [0.4, 0.5) is 5.69 Å². The van der Waals surface area contributed by atoms with Crippen molar-refractivity contribution in [3.05, 3.63) is 52.4 Å². The van der Waals surface area contributed by atoms with E-state index in [0.717, 1.165) is 0 Å². The summed E-state index contributed by atoms with van der Waals surface area (Å²) < 4.78 is 5.04. The highest BCUT2D eigenvalue weighted by Gasteiger charge is 2.07. The Labute approximate surface area is 103 Å². The van der Waals surface area contributed by atoms with Crippen molar-refractivity contribution >= 4 is 11.6 Å². The maximum atomic E-state index is 11.8. The van der Waals surface area contributed by atoms with Crippen LogP contribution in [0.3, 0.4) is 0 Å². The van der Waals surface area contributed by atoms with Gasteiger partial charge in [-0.25, -0.2) is 5.10 Å². The van der Waals surface area contributed by atoms with Crippen LogP contribution in [0, 0.1) is 0 Å². The molecule has 1 aromatic heterocycles. The van der Waals surface area contributed by atoms with E-state index >= 15 is 0 Å². The van der Waals surface area contributed by atoms with Gasteiger partial charge in [-0.05, 0) is 18.2 Å². The number of anilines is 1. The van der Waals surface area contributed by atoms with Gasteiger partial charge >= 0.3 is 0 Å². The molecule has 0 aliphatic carbocycles. The van der Waals surface area contributed by atoms with Gasteiger partial charge in [0, 0.05) is 17.8 Å². The van der Waals surface area contributed by atoms with Gasteiger partial charge in [-0.3, -0.25) is 9.59 Å². The van der Waals surface area contributed by atoms with E-state index in [0.29, 0.717) is 11.4 Å². The molecule has 6 heteroatoms. The van der Waals surface area contributed by atoms with Crippen molar-refractivity contribution in [1.29, 1.82) is 0 Å². The number of aromatic amines is 1. The molecule has 0 saturated carbocycles. The summed E-state index contributed by atoms with van der Waals surface area (Å²) in [6.45, 7) is 0. The number of H-pyrrole nitrogens is 1. The third-order valence-corrected chi connectivity index (χ3v) is 2.24. The first-order chi connectivity index (χ1) is 8.69. The Kier molecular flexibility index (Phi) is 3.38. The number of hydrogen-bond donors (Lipinski definition) is 2. The predicted molar refractivity (Wildman–Crippen MR) is 65.8 cm³/mol. The minimum atomic E-state index is -0.403. The molecule has 0 saturated heterocycles. The molecule has 0 spiro atoms. The summed E-state index contributed by atoms with van der Waals surface area (Å²) in [5.74, 6) is 0.238. The van der Waals surface area contributed by atoms with Gasteiger partial charge < -0.3 is 10.1 Å². The molecule has 0 fully saturated rings. The fraction of sp³-hybridized carbons (Fsp3) is 0.0833. The highest BCUT2D eigenvalue weighted by Crippen LogP contribution is 2.16. The first-order valence-corrected chi connectivity index (χ1v) is 5.20. The van der Waals surface area contributed by atoms with Gasteiger partial charge in [-0.2, -0.15) is 5.10 Å². The topological polar surface area (TPSA) is 84.1 Å². The number of aromatic nitrogens is 2. The van der Waals surface area contributed by atoms with Crippen molar-refractivity contribution in [1.82, 2.24) is 10.2 Å². The molecule has 0 unspecified atom stereocenters. The van der Waals surface area contributed by atoms with Crippen LogP contribution in [0.2, 0.25) is 0 Å². The van der Waals surface area contributed by atoms with E-state index in [1.54, 1.807) is 31.4 Å². The highest BCUT2D eigenvalue weighted by atomic mass is 16.5. The Morgan fingerprint density at radius 3 is 2.83 bits per heavy atom. The van der Waals surface area contributed by atoms with Crippen LogP contribution in [-0.4, -0.2) is 23.2 Å². The molecule has 0 bridgehead atoms. The third kappa shape index (κ3) is 2.73. The monoisotopic (exact) mass is 245 g/mol. The summed E-state index contributed by atoms with van der Waals surface area (Å²) in [5.41, 5.74) is 0.373. The average Bonchev–Trinajstić information content (AvgIpc) is 2.39. The van der Waals surface area contributed by atoms with E-state index in [1.165, 1.54) is 12.1 Å². The zero-order valence-corrected chi connectivity index (χ0v) is 9.64. The van der Waals surface area contributed by atoms with Gasteiger partial charge in [0.05, 0.1) is 7.11 Å². The third-order valence-electron chi connectivity index (χ3n) is 2.24. The molecular weight excluding hydrogens is 234 g/mol. The van der Waals surface area contributed by atoms with Crippen LogP contribution in [0.1, 0.15) is 10.5 Å². The Morgan fingerprint density at radius 2 is 2.17 bits per heavy atom. The minimum absolute atomic E-state index is 0.136. The van der Waals surface area contributed by atoms with Crippen molar-refractivity contribution in [2.75, 3.05) is 12.4 Å². The van der Waals surface area contributed by atoms with Crippen molar-refractivity contribution in [3.8, 4) is 5.75 Å². The number of nitrogens with zero attached hydrogens (tertiary/aromatic N) is 1. The summed E-state index contributed by atoms with van der Waals surface area (Å²) in [7, 11) is 1.55. The summed E-state index contributed by atoms with van der Waals surface area (Å²) in [6.07, 6.45) is 0. The quantitative estimate of drug-likeness (QED) is 0.845. The average molecular weight is 245 g/mol. The van der Waals surface area contributed by atoms with Gasteiger partial charge in [-0.15, -0.1) is 0 Å². The van der Waals surface area contributed by atoms with E-state index < -0.39 is 5.91 Å². The Balaban J connectivity index is 2.15. The second kappa shape index (κ2) is 5.13. The van der Waals surface area contributed by atoms with Crippen LogP contribution in [0.5, 0.6) is 5.75 Å². The van der Waals surface area contributed by atoms with Gasteiger partial charge in [0.15, 0.2) is 0 Å². The van der Waals surface area contributed by atoms with Crippen molar-refractivity contribution in [3.63, 3.8) is 0 Å². The number of carbonyl (C=O) groups is 1. The lowest BCUT2D eigenvalue weighted by atomic mass is 10.3. The Hall–Kier alpha value is -2.63. The number of carbonyl (C=O) groups excluding carboxylic acids is 1. The second-order valence-corrected chi connectivity index (χ2v) is 3.49. The minimum Gasteiger partial charge on any atom is -0.497 e. The van der Waals surface area contributed by atoms with Gasteiger partial charge in [-0.1, -0.05) is 6.07 Å². The molecule has 0 atom stereocenters. The van der Waals surface area contributed by atoms with Gasteiger partial charge in [0.25, 0.3) is 11.5 Å². The zero-order chi connectivity index (χ0) is 13.0. The lowest BCUT2D eigenvalue weighted by Crippen LogP contribution is -2.17. The predicted octanol–water partition coefficient (Wildman–Crippen LogP) is 1.03. The first-order valence-electron chi connectivity index (χ1n) is 5.20. The van der Waals surface area contributed by atoms with E-state index in [1.807, 2.05) is 0 Å².